The van der Waals surface area contributed by atoms with Crippen molar-refractivity contribution >= 4 is 0 Å². The summed E-state index contributed by atoms with van der Waals surface area (Å²) in [5, 5.41) is 3.48. The number of benzene rings is 1. The predicted molar refractivity (Wildman–Crippen MR) is 83.1 cm³/mol. The number of hydrogen-bond acceptors (Lipinski definition) is 2. The highest BCUT2D eigenvalue weighted by atomic mass is 16.5. The number of aryl methyl sites for hydroxylation is 1. The minimum absolute atomic E-state index is 0.534. The fourth-order valence-corrected chi connectivity index (χ4v) is 1.81. The summed E-state index contributed by atoms with van der Waals surface area (Å²) in [5.41, 5.74) is 2.55. The van der Waals surface area contributed by atoms with Crippen LogP contribution < -0.4 is 10.1 Å². The molecular formula is C17H29NO. The van der Waals surface area contributed by atoms with E-state index in [4.69, 9.17) is 4.74 Å². The Morgan fingerprint density at radius 2 is 1.79 bits per heavy atom. The molecule has 1 aromatic rings. The van der Waals surface area contributed by atoms with E-state index < -0.39 is 0 Å². The largest absolute Gasteiger partial charge is 0.492 e. The smallest absolute Gasteiger partial charge is 0.122 e. The number of rotatable bonds is 7. The van der Waals surface area contributed by atoms with Gasteiger partial charge in [-0.3, -0.25) is 0 Å². The fourth-order valence-electron chi connectivity index (χ4n) is 1.81. The second-order valence-corrected chi connectivity index (χ2v) is 6.01. The normalized spacial score (nSPS) is 13.1. The van der Waals surface area contributed by atoms with E-state index >= 15 is 0 Å². The second kappa shape index (κ2) is 7.54. The quantitative estimate of drug-likeness (QED) is 0.747. The van der Waals surface area contributed by atoms with Crippen LogP contribution in [0.25, 0.3) is 0 Å². The molecule has 0 aliphatic carbocycles. The number of hydrogen-bond donors (Lipinski definition) is 1. The summed E-state index contributed by atoms with van der Waals surface area (Å²) in [6.45, 7) is 14.8. The van der Waals surface area contributed by atoms with E-state index in [9.17, 15) is 0 Å². The fraction of sp³-hybridized carbons (Fsp3) is 0.647. The average Bonchev–Trinajstić information content (AvgIpc) is 2.35. The molecular weight excluding hydrogens is 234 g/mol. The highest BCUT2D eigenvalue weighted by Gasteiger charge is 2.07. The van der Waals surface area contributed by atoms with E-state index in [1.807, 2.05) is 0 Å². The van der Waals surface area contributed by atoms with Gasteiger partial charge < -0.3 is 10.1 Å². The highest BCUT2D eigenvalue weighted by Crippen LogP contribution is 2.24. The van der Waals surface area contributed by atoms with Gasteiger partial charge in [0.2, 0.25) is 0 Å². The third-order valence-corrected chi connectivity index (χ3v) is 3.70. The van der Waals surface area contributed by atoms with Gasteiger partial charge >= 0.3 is 0 Å². The lowest BCUT2D eigenvalue weighted by Crippen LogP contribution is -2.33. The van der Waals surface area contributed by atoms with Gasteiger partial charge in [0.15, 0.2) is 0 Å². The molecule has 0 amide bonds. The maximum atomic E-state index is 5.90. The van der Waals surface area contributed by atoms with E-state index in [0.717, 1.165) is 18.9 Å². The van der Waals surface area contributed by atoms with E-state index in [1.54, 1.807) is 0 Å². The van der Waals surface area contributed by atoms with E-state index in [1.165, 1.54) is 11.1 Å². The zero-order valence-electron chi connectivity index (χ0n) is 13.3. The molecule has 1 atom stereocenters. The molecule has 0 aromatic heterocycles. The van der Waals surface area contributed by atoms with Gasteiger partial charge in [-0.25, -0.2) is 0 Å². The summed E-state index contributed by atoms with van der Waals surface area (Å²) in [4.78, 5) is 0. The van der Waals surface area contributed by atoms with Crippen LogP contribution in [0.2, 0.25) is 0 Å². The highest BCUT2D eigenvalue weighted by molar-refractivity contribution is 5.37. The van der Waals surface area contributed by atoms with Crippen LogP contribution in [-0.2, 0) is 0 Å². The zero-order chi connectivity index (χ0) is 14.4. The van der Waals surface area contributed by atoms with Crippen molar-refractivity contribution in [3.8, 4) is 5.75 Å². The van der Waals surface area contributed by atoms with E-state index in [2.05, 4.69) is 65.1 Å². The van der Waals surface area contributed by atoms with Crippen molar-refractivity contribution < 1.29 is 4.74 Å². The van der Waals surface area contributed by atoms with Crippen LogP contribution in [0.5, 0.6) is 5.75 Å². The van der Waals surface area contributed by atoms with E-state index in [0.29, 0.717) is 17.9 Å². The first-order valence-electron chi connectivity index (χ1n) is 7.38. The molecule has 19 heavy (non-hydrogen) atoms. The lowest BCUT2D eigenvalue weighted by molar-refractivity contribution is 0.295. The van der Waals surface area contributed by atoms with Crippen LogP contribution in [0, 0.1) is 12.8 Å². The van der Waals surface area contributed by atoms with Gasteiger partial charge in [0.25, 0.3) is 0 Å². The summed E-state index contributed by atoms with van der Waals surface area (Å²) < 4.78 is 5.90. The molecule has 1 aromatic carbocycles. The molecule has 108 valence electrons. The molecule has 0 fully saturated rings. The lowest BCUT2D eigenvalue weighted by atomic mass is 10.0. The SMILES string of the molecule is Cc1ccc(C(C)C)cc1OCCNC(C)C(C)C. The number of ether oxygens (including phenoxy) is 1. The standard InChI is InChI=1S/C17H29NO/c1-12(2)15(6)18-9-10-19-17-11-16(13(3)4)8-7-14(17)5/h7-8,11-13,15,18H,9-10H2,1-6H3. The van der Waals surface area contributed by atoms with Gasteiger partial charge in [-0.1, -0.05) is 39.8 Å². The zero-order valence-corrected chi connectivity index (χ0v) is 13.3. The first-order valence-corrected chi connectivity index (χ1v) is 7.38. The van der Waals surface area contributed by atoms with Crippen molar-refractivity contribution in [3.05, 3.63) is 29.3 Å². The van der Waals surface area contributed by atoms with Gasteiger partial charge in [0.05, 0.1) is 0 Å². The Labute approximate surface area is 118 Å². The third-order valence-electron chi connectivity index (χ3n) is 3.70. The minimum atomic E-state index is 0.534. The molecule has 1 unspecified atom stereocenters. The topological polar surface area (TPSA) is 21.3 Å². The maximum absolute atomic E-state index is 5.90. The van der Waals surface area contributed by atoms with E-state index in [-0.39, 0.29) is 0 Å². The Kier molecular flexibility index (Phi) is 6.36. The first-order chi connectivity index (χ1) is 8.91. The van der Waals surface area contributed by atoms with Crippen LogP contribution in [0.4, 0.5) is 0 Å². The molecule has 0 radical (unpaired) electrons. The van der Waals surface area contributed by atoms with Crippen LogP contribution in [0.1, 0.15) is 51.7 Å². The van der Waals surface area contributed by atoms with Crippen molar-refractivity contribution in [2.75, 3.05) is 13.2 Å². The average molecular weight is 263 g/mol. The monoisotopic (exact) mass is 263 g/mol. The summed E-state index contributed by atoms with van der Waals surface area (Å²) >= 11 is 0. The van der Waals surface area contributed by atoms with Crippen molar-refractivity contribution in [1.82, 2.24) is 5.32 Å². The molecule has 0 heterocycles. The Hall–Kier alpha value is -1.02. The second-order valence-electron chi connectivity index (χ2n) is 6.01. The van der Waals surface area contributed by atoms with Crippen LogP contribution >= 0.6 is 0 Å². The Morgan fingerprint density at radius 1 is 1.11 bits per heavy atom. The third kappa shape index (κ3) is 5.23. The van der Waals surface area contributed by atoms with Crippen LogP contribution in [0.15, 0.2) is 18.2 Å². The van der Waals surface area contributed by atoms with Crippen molar-refractivity contribution in [1.29, 1.82) is 0 Å². The molecule has 1 rings (SSSR count). The van der Waals surface area contributed by atoms with Gasteiger partial charge in [0.1, 0.15) is 12.4 Å². The number of nitrogens with one attached hydrogen (secondary N) is 1. The Balaban J connectivity index is 2.47. The van der Waals surface area contributed by atoms with Gasteiger partial charge in [0, 0.05) is 12.6 Å². The van der Waals surface area contributed by atoms with Gasteiger partial charge in [-0.05, 0) is 42.9 Å². The molecule has 0 saturated carbocycles. The molecule has 0 bridgehead atoms. The molecule has 2 heteroatoms. The lowest BCUT2D eigenvalue weighted by Gasteiger charge is -2.18. The summed E-state index contributed by atoms with van der Waals surface area (Å²) in [6, 6.07) is 7.04. The van der Waals surface area contributed by atoms with Crippen molar-refractivity contribution in [3.63, 3.8) is 0 Å². The maximum Gasteiger partial charge on any atom is 0.122 e. The molecule has 0 saturated heterocycles. The van der Waals surface area contributed by atoms with Crippen molar-refractivity contribution in [2.45, 2.75) is 53.5 Å². The Morgan fingerprint density at radius 3 is 2.37 bits per heavy atom. The summed E-state index contributed by atoms with van der Waals surface area (Å²) in [5.74, 6) is 2.22. The Bertz CT molecular complexity index is 385. The predicted octanol–water partition coefficient (Wildman–Crippen LogP) is 4.13. The van der Waals surface area contributed by atoms with Gasteiger partial charge in [-0.15, -0.1) is 0 Å². The molecule has 1 N–H and O–H groups in total. The molecule has 0 aliphatic heterocycles. The van der Waals surface area contributed by atoms with Crippen LogP contribution in [-0.4, -0.2) is 19.2 Å². The molecule has 2 nitrogen and oxygen atoms in total. The summed E-state index contributed by atoms with van der Waals surface area (Å²) in [6.07, 6.45) is 0. The first kappa shape index (κ1) is 16.0. The van der Waals surface area contributed by atoms with Crippen LogP contribution in [0.3, 0.4) is 0 Å². The summed E-state index contributed by atoms with van der Waals surface area (Å²) in [7, 11) is 0. The van der Waals surface area contributed by atoms with Crippen molar-refractivity contribution in [2.24, 2.45) is 5.92 Å². The molecule has 0 spiro atoms. The van der Waals surface area contributed by atoms with Gasteiger partial charge in [-0.2, -0.15) is 0 Å². The minimum Gasteiger partial charge on any atom is -0.492 e. The molecule has 0 aliphatic rings.